The number of unbranched alkanes of at least 4 members (excludes halogenated alkanes) is 5. The molecule has 0 spiro atoms. The first-order valence-corrected chi connectivity index (χ1v) is 37.7. The summed E-state index contributed by atoms with van der Waals surface area (Å²) >= 11 is 0. The van der Waals surface area contributed by atoms with Crippen molar-refractivity contribution in [2.45, 2.75) is 151 Å². The van der Waals surface area contributed by atoms with Gasteiger partial charge in [-0.05, 0) is 110 Å². The molecule has 3 heterocycles. The smallest absolute Gasteiger partial charge is 0.338 e. The predicted molar refractivity (Wildman–Crippen MR) is 406 cm³/mol. The van der Waals surface area contributed by atoms with Gasteiger partial charge in [-0.15, -0.1) is 0 Å². The first-order chi connectivity index (χ1) is 56.3. The maximum atomic E-state index is 15.0. The summed E-state index contributed by atoms with van der Waals surface area (Å²) in [6.07, 6.45) is -22.4. The van der Waals surface area contributed by atoms with Crippen LogP contribution in [0.3, 0.4) is 0 Å². The van der Waals surface area contributed by atoms with Crippen LogP contribution >= 0.6 is 0 Å². The fourth-order valence-corrected chi connectivity index (χ4v) is 13.2. The number of hydrogen-bond acceptors (Lipinski definition) is 27. The third-order valence-electron chi connectivity index (χ3n) is 18.9. The van der Waals surface area contributed by atoms with Crippen LogP contribution in [-0.2, 0) is 90.2 Å². The van der Waals surface area contributed by atoms with Crippen LogP contribution in [0, 0.1) is 0 Å². The number of hydrogen-bond donors (Lipinski definition) is 1. The van der Waals surface area contributed by atoms with Crippen molar-refractivity contribution in [3.63, 3.8) is 0 Å². The molecule has 0 bridgehead atoms. The minimum absolute atomic E-state index is 0.00515. The fourth-order valence-electron chi connectivity index (χ4n) is 13.2. The molecule has 1 N–H and O–H groups in total. The topological polar surface area (TPSA) is 356 Å². The van der Waals surface area contributed by atoms with Crippen LogP contribution in [0.1, 0.15) is 148 Å². The van der Waals surface area contributed by atoms with Gasteiger partial charge in [0.2, 0.25) is 0 Å². The van der Waals surface area contributed by atoms with Crippen molar-refractivity contribution < 1.29 is 134 Å². The quantitative estimate of drug-likeness (QED) is 0.0216. The molecule has 606 valence electrons. The number of benzene rings is 8. The zero-order chi connectivity index (χ0) is 81.8. The molecule has 0 aromatic heterocycles. The van der Waals surface area contributed by atoms with Gasteiger partial charge in [0.1, 0.15) is 31.5 Å². The molecule has 3 aliphatic heterocycles. The molecule has 11 rings (SSSR count). The van der Waals surface area contributed by atoms with E-state index >= 15 is 0 Å². The highest BCUT2D eigenvalue weighted by atomic mass is 16.8. The van der Waals surface area contributed by atoms with E-state index in [1.54, 1.807) is 133 Å². The summed E-state index contributed by atoms with van der Waals surface area (Å²) in [6.45, 7) is -1.16. The normalized spacial score (nSPS) is 22.8. The van der Waals surface area contributed by atoms with Crippen LogP contribution in [0.5, 0.6) is 0 Å². The van der Waals surface area contributed by atoms with Gasteiger partial charge in [0.15, 0.2) is 67.2 Å². The number of ether oxygens (including phenoxy) is 16. The molecule has 8 aromatic carbocycles. The third-order valence-corrected chi connectivity index (χ3v) is 18.9. The summed E-state index contributed by atoms with van der Waals surface area (Å²) in [4.78, 5) is 156. The van der Waals surface area contributed by atoms with Gasteiger partial charge in [-0.3, -0.25) is 14.4 Å². The molecule has 0 amide bonds. The van der Waals surface area contributed by atoms with Gasteiger partial charge in [-0.1, -0.05) is 171 Å². The number of carbonyl (C=O) groups is 11. The molecule has 28 heteroatoms. The lowest BCUT2D eigenvalue weighted by Gasteiger charge is -2.51. The van der Waals surface area contributed by atoms with Crippen LogP contribution in [0.4, 0.5) is 0 Å². The first kappa shape index (κ1) is 84.6. The van der Waals surface area contributed by atoms with Crippen molar-refractivity contribution in [2.24, 2.45) is 0 Å². The molecular weight excluding hydrogens is 1500 g/mol. The second-order valence-corrected chi connectivity index (χ2v) is 27.2. The second kappa shape index (κ2) is 42.2. The average Bonchev–Trinajstić information content (AvgIpc) is 0.751. The Balaban J connectivity index is 1.04. The monoisotopic (exact) mass is 1590 g/mol. The number of rotatable bonds is 36. The summed E-state index contributed by atoms with van der Waals surface area (Å²) in [5.74, 6) is -11.0. The highest BCUT2D eigenvalue weighted by Crippen LogP contribution is 2.42. The Morgan fingerprint density at radius 2 is 0.647 bits per heavy atom. The molecular formula is C88H86O28. The maximum Gasteiger partial charge on any atom is 0.338 e. The highest BCUT2D eigenvalue weighted by molar-refractivity contribution is 5.94. The lowest BCUT2D eigenvalue weighted by Crippen LogP contribution is -2.69. The van der Waals surface area contributed by atoms with Crippen LogP contribution in [0.25, 0.3) is 0 Å². The Hall–Kier alpha value is -12.3. The van der Waals surface area contributed by atoms with E-state index in [2.05, 4.69) is 0 Å². The van der Waals surface area contributed by atoms with Gasteiger partial charge < -0.3 is 80.9 Å². The van der Waals surface area contributed by atoms with E-state index in [0.29, 0.717) is 38.5 Å². The standard InChI is InChI=1S/C88H86O28/c1-56(89)106-75-76(115-87-74(114-84(100)65-47-29-14-30-48-65)72(112-82(98)63-43-25-12-26-44-63)70(110-80(96)61-39-21-10-22-40-61)67(108-87)54-104-78(94)59-35-17-8-18-36-59)88(116-57(2)90,55-105-85(75)101-51-32-6-4-3-5-31-49-68(91)92)50-52-102-86-73(113-83(99)64-45-27-13-28-46-64)71(111-81(97)62-41-23-11-24-42-62)69(109-79(95)60-37-19-9-20-38-60)66(107-86)53-103-77(93)58-33-15-7-16-34-58/h7-30,33-48,66-67,69-76,85-87H,3-6,31-32,49-55H2,1-2H3,(H,91,92). The van der Waals surface area contributed by atoms with Crippen LogP contribution < -0.4 is 0 Å². The van der Waals surface area contributed by atoms with Crippen molar-refractivity contribution in [3.8, 4) is 0 Å². The summed E-state index contributed by atoms with van der Waals surface area (Å²) in [5.41, 5.74) is -2.45. The Labute approximate surface area is 667 Å². The lowest BCUT2D eigenvalue weighted by molar-refractivity contribution is -0.366. The van der Waals surface area contributed by atoms with Gasteiger partial charge in [-0.2, -0.15) is 0 Å². The minimum Gasteiger partial charge on any atom is -0.481 e. The summed E-state index contributed by atoms with van der Waals surface area (Å²) in [7, 11) is 0. The average molecular weight is 1590 g/mol. The van der Waals surface area contributed by atoms with Crippen LogP contribution in [0.15, 0.2) is 243 Å². The Morgan fingerprint density at radius 3 is 1.00 bits per heavy atom. The minimum atomic E-state index is -2.41. The summed E-state index contributed by atoms with van der Waals surface area (Å²) in [5, 5.41) is 9.23. The molecule has 14 atom stereocenters. The van der Waals surface area contributed by atoms with Crippen LogP contribution in [0.2, 0.25) is 0 Å². The van der Waals surface area contributed by atoms with Crippen molar-refractivity contribution >= 4 is 65.7 Å². The zero-order valence-electron chi connectivity index (χ0n) is 63.3. The van der Waals surface area contributed by atoms with E-state index in [-0.39, 0.29) is 57.5 Å². The molecule has 116 heavy (non-hydrogen) atoms. The predicted octanol–water partition coefficient (Wildman–Crippen LogP) is 11.7. The molecule has 3 aliphatic rings. The van der Waals surface area contributed by atoms with Gasteiger partial charge in [0.05, 0.1) is 57.7 Å². The molecule has 3 fully saturated rings. The Kier molecular flexibility index (Phi) is 30.8. The van der Waals surface area contributed by atoms with E-state index < -0.39 is 184 Å². The van der Waals surface area contributed by atoms with Gasteiger partial charge in [0.25, 0.3) is 0 Å². The SMILES string of the molecule is CC(=O)OC1C(OCCCCCCCCC(=O)O)OCC(CCOC2OC(COC(=O)c3ccccc3)C(OC(=O)c3ccccc3)C(OC(=O)c3ccccc3)C2OC(=O)c2ccccc2)(OC(C)=O)C1OC1OC(COC(=O)c2ccccc2)C(OC(=O)c2ccccc2)C(OC(=O)c2ccccc2)C1OC(=O)c1ccccc1. The number of esters is 10. The molecule has 28 nitrogen and oxygen atoms in total. The highest BCUT2D eigenvalue weighted by Gasteiger charge is 2.62. The molecule has 0 radical (unpaired) electrons. The lowest BCUT2D eigenvalue weighted by atomic mass is 9.86. The van der Waals surface area contributed by atoms with Crippen molar-refractivity contribution in [1.29, 1.82) is 0 Å². The summed E-state index contributed by atoms with van der Waals surface area (Å²) in [6, 6.07) is 61.1. The van der Waals surface area contributed by atoms with Gasteiger partial charge in [-0.25, -0.2) is 38.4 Å². The number of aliphatic carboxylic acids is 1. The first-order valence-electron chi connectivity index (χ1n) is 37.7. The zero-order valence-corrected chi connectivity index (χ0v) is 63.3. The maximum absolute atomic E-state index is 15.0. The molecule has 0 aliphatic carbocycles. The Morgan fingerprint density at radius 1 is 0.336 bits per heavy atom. The molecule has 14 unspecified atom stereocenters. The molecule has 0 saturated carbocycles. The number of carbonyl (C=O) groups excluding carboxylic acids is 10. The van der Waals surface area contributed by atoms with E-state index in [1.165, 1.54) is 109 Å². The summed E-state index contributed by atoms with van der Waals surface area (Å²) < 4.78 is 103. The molecule has 3 saturated heterocycles. The van der Waals surface area contributed by atoms with E-state index in [9.17, 15) is 57.8 Å². The van der Waals surface area contributed by atoms with Gasteiger partial charge >= 0.3 is 65.7 Å². The second-order valence-electron chi connectivity index (χ2n) is 27.2. The number of carboxylic acid groups (broad SMARTS) is 1. The fraction of sp³-hybridized carbons (Fsp3) is 0.330. The van der Waals surface area contributed by atoms with E-state index in [1.807, 2.05) is 0 Å². The Bertz CT molecular complexity index is 4560. The van der Waals surface area contributed by atoms with Crippen molar-refractivity contribution in [3.05, 3.63) is 287 Å². The largest absolute Gasteiger partial charge is 0.481 e. The van der Waals surface area contributed by atoms with Crippen molar-refractivity contribution in [2.75, 3.05) is 33.0 Å². The van der Waals surface area contributed by atoms with E-state index in [0.717, 1.165) is 13.8 Å². The van der Waals surface area contributed by atoms with Crippen LogP contribution in [-0.4, -0.2) is 189 Å². The molecule has 8 aromatic rings. The number of carboxylic acids is 1. The van der Waals surface area contributed by atoms with Crippen molar-refractivity contribution in [1.82, 2.24) is 0 Å². The third kappa shape index (κ3) is 23.4. The van der Waals surface area contributed by atoms with Gasteiger partial charge in [0, 0.05) is 33.3 Å². The van der Waals surface area contributed by atoms with E-state index in [4.69, 9.17) is 75.8 Å².